The van der Waals surface area contributed by atoms with Crippen LogP contribution >= 0.6 is 11.6 Å². The van der Waals surface area contributed by atoms with Crippen molar-refractivity contribution in [3.05, 3.63) is 47.2 Å². The Kier molecular flexibility index (Phi) is 4.12. The standard InChI is InChI=1S/C14H15ClN2O2/c1-9(17-13-8-16-6-5-12(13)15)11-4-3-10(19-2)7-14(11)18/h3-9,17-18H,1-2H3. The van der Waals surface area contributed by atoms with Gasteiger partial charge in [-0.3, -0.25) is 4.98 Å². The molecular weight excluding hydrogens is 264 g/mol. The number of hydrogen-bond donors (Lipinski definition) is 2. The average molecular weight is 279 g/mol. The van der Waals surface area contributed by atoms with Crippen LogP contribution in [0.5, 0.6) is 11.5 Å². The lowest BCUT2D eigenvalue weighted by Gasteiger charge is -2.17. The molecule has 0 aliphatic carbocycles. The molecule has 0 saturated carbocycles. The zero-order chi connectivity index (χ0) is 13.8. The number of ether oxygens (including phenoxy) is 1. The third-order valence-electron chi connectivity index (χ3n) is 2.84. The van der Waals surface area contributed by atoms with E-state index in [9.17, 15) is 5.11 Å². The Morgan fingerprint density at radius 3 is 2.79 bits per heavy atom. The lowest BCUT2D eigenvalue weighted by Crippen LogP contribution is -2.07. The number of rotatable bonds is 4. The minimum atomic E-state index is -0.104. The van der Waals surface area contributed by atoms with Crippen LogP contribution < -0.4 is 10.1 Å². The van der Waals surface area contributed by atoms with Crippen molar-refractivity contribution in [2.45, 2.75) is 13.0 Å². The molecule has 1 aromatic heterocycles. The second-order valence-electron chi connectivity index (χ2n) is 4.15. The molecule has 2 N–H and O–H groups in total. The van der Waals surface area contributed by atoms with Crippen LogP contribution in [0.3, 0.4) is 0 Å². The van der Waals surface area contributed by atoms with E-state index in [0.29, 0.717) is 10.8 Å². The van der Waals surface area contributed by atoms with Gasteiger partial charge in [0.15, 0.2) is 0 Å². The molecule has 1 atom stereocenters. The number of methoxy groups -OCH3 is 1. The van der Waals surface area contributed by atoms with E-state index < -0.39 is 0 Å². The van der Waals surface area contributed by atoms with Gasteiger partial charge >= 0.3 is 0 Å². The zero-order valence-electron chi connectivity index (χ0n) is 10.7. The molecule has 1 unspecified atom stereocenters. The van der Waals surface area contributed by atoms with Crippen molar-refractivity contribution in [3.63, 3.8) is 0 Å². The van der Waals surface area contributed by atoms with E-state index in [-0.39, 0.29) is 11.8 Å². The summed E-state index contributed by atoms with van der Waals surface area (Å²) in [6.45, 7) is 1.94. The number of benzene rings is 1. The highest BCUT2D eigenvalue weighted by atomic mass is 35.5. The Labute approximate surface area is 117 Å². The molecule has 4 nitrogen and oxygen atoms in total. The lowest BCUT2D eigenvalue weighted by atomic mass is 10.1. The number of halogens is 1. The van der Waals surface area contributed by atoms with E-state index in [1.165, 1.54) is 0 Å². The largest absolute Gasteiger partial charge is 0.507 e. The number of anilines is 1. The quantitative estimate of drug-likeness (QED) is 0.897. The number of nitrogens with one attached hydrogen (secondary N) is 1. The molecule has 0 radical (unpaired) electrons. The normalized spacial score (nSPS) is 11.9. The summed E-state index contributed by atoms with van der Waals surface area (Å²) in [6.07, 6.45) is 3.28. The van der Waals surface area contributed by atoms with Crippen molar-refractivity contribution in [1.29, 1.82) is 0 Å². The van der Waals surface area contributed by atoms with Crippen molar-refractivity contribution in [1.82, 2.24) is 4.98 Å². The number of aromatic hydroxyl groups is 1. The Bertz CT molecular complexity index is 575. The van der Waals surface area contributed by atoms with E-state index in [2.05, 4.69) is 10.3 Å². The monoisotopic (exact) mass is 278 g/mol. The van der Waals surface area contributed by atoms with Gasteiger partial charge in [0.1, 0.15) is 11.5 Å². The summed E-state index contributed by atoms with van der Waals surface area (Å²) in [5.74, 6) is 0.798. The maximum Gasteiger partial charge on any atom is 0.124 e. The van der Waals surface area contributed by atoms with Gasteiger partial charge in [0, 0.05) is 17.8 Å². The molecule has 5 heteroatoms. The topological polar surface area (TPSA) is 54.4 Å². The number of phenols is 1. The smallest absolute Gasteiger partial charge is 0.124 e. The molecular formula is C14H15ClN2O2. The number of pyridine rings is 1. The summed E-state index contributed by atoms with van der Waals surface area (Å²) >= 11 is 6.06. The molecule has 100 valence electrons. The second kappa shape index (κ2) is 5.80. The van der Waals surface area contributed by atoms with Gasteiger partial charge in [0.25, 0.3) is 0 Å². The molecule has 0 spiro atoms. The maximum atomic E-state index is 9.97. The van der Waals surface area contributed by atoms with Crippen LogP contribution in [0.4, 0.5) is 5.69 Å². The summed E-state index contributed by atoms with van der Waals surface area (Å²) in [5, 5.41) is 13.8. The van der Waals surface area contributed by atoms with Crippen LogP contribution in [0.25, 0.3) is 0 Å². The third-order valence-corrected chi connectivity index (χ3v) is 3.17. The molecule has 0 aliphatic heterocycles. The minimum absolute atomic E-state index is 0.104. The molecule has 19 heavy (non-hydrogen) atoms. The van der Waals surface area contributed by atoms with Crippen LogP contribution in [0.2, 0.25) is 5.02 Å². The fourth-order valence-corrected chi connectivity index (χ4v) is 1.97. The first kappa shape index (κ1) is 13.5. The van der Waals surface area contributed by atoms with Crippen LogP contribution in [-0.2, 0) is 0 Å². The molecule has 0 fully saturated rings. The van der Waals surface area contributed by atoms with Gasteiger partial charge in [-0.15, -0.1) is 0 Å². The Morgan fingerprint density at radius 2 is 2.16 bits per heavy atom. The highest BCUT2D eigenvalue weighted by Crippen LogP contribution is 2.31. The molecule has 0 saturated heterocycles. The van der Waals surface area contributed by atoms with Crippen LogP contribution in [0, 0.1) is 0 Å². The Balaban J connectivity index is 2.21. The molecule has 2 rings (SSSR count). The predicted octanol–water partition coefficient (Wildman–Crippen LogP) is 3.62. The van der Waals surface area contributed by atoms with Gasteiger partial charge in [0.05, 0.1) is 30.1 Å². The van der Waals surface area contributed by atoms with Gasteiger partial charge < -0.3 is 15.2 Å². The molecule has 0 bridgehead atoms. The summed E-state index contributed by atoms with van der Waals surface area (Å²) in [7, 11) is 1.56. The van der Waals surface area contributed by atoms with Crippen LogP contribution in [0.15, 0.2) is 36.7 Å². The summed E-state index contributed by atoms with van der Waals surface area (Å²) in [4.78, 5) is 4.01. The second-order valence-corrected chi connectivity index (χ2v) is 4.55. The van der Waals surface area contributed by atoms with Crippen LogP contribution in [0.1, 0.15) is 18.5 Å². The van der Waals surface area contributed by atoms with E-state index in [1.54, 1.807) is 37.7 Å². The van der Waals surface area contributed by atoms with Crippen molar-refractivity contribution in [2.75, 3.05) is 12.4 Å². The minimum Gasteiger partial charge on any atom is -0.507 e. The summed E-state index contributed by atoms with van der Waals surface area (Å²) in [6, 6.07) is 6.81. The number of hydrogen-bond acceptors (Lipinski definition) is 4. The first-order chi connectivity index (χ1) is 9.11. The van der Waals surface area contributed by atoms with Gasteiger partial charge in [-0.1, -0.05) is 11.6 Å². The van der Waals surface area contributed by atoms with E-state index in [0.717, 1.165) is 11.3 Å². The van der Waals surface area contributed by atoms with Gasteiger partial charge in [0.2, 0.25) is 0 Å². The first-order valence-corrected chi connectivity index (χ1v) is 6.22. The molecule has 2 aromatic rings. The predicted molar refractivity (Wildman–Crippen MR) is 75.9 cm³/mol. The van der Waals surface area contributed by atoms with Crippen molar-refractivity contribution >= 4 is 17.3 Å². The van der Waals surface area contributed by atoms with Gasteiger partial charge in [-0.05, 0) is 25.1 Å². The molecule has 1 aromatic carbocycles. The SMILES string of the molecule is COc1ccc(C(C)Nc2cnccc2Cl)c(O)c1. The lowest BCUT2D eigenvalue weighted by molar-refractivity contribution is 0.406. The van der Waals surface area contributed by atoms with Gasteiger partial charge in [-0.2, -0.15) is 0 Å². The summed E-state index contributed by atoms with van der Waals surface area (Å²) < 4.78 is 5.06. The Hall–Kier alpha value is -1.94. The number of nitrogens with zero attached hydrogens (tertiary/aromatic N) is 1. The zero-order valence-corrected chi connectivity index (χ0v) is 11.5. The fraction of sp³-hybridized carbons (Fsp3) is 0.214. The van der Waals surface area contributed by atoms with E-state index in [1.807, 2.05) is 13.0 Å². The average Bonchev–Trinajstić information content (AvgIpc) is 2.41. The third kappa shape index (κ3) is 3.09. The maximum absolute atomic E-state index is 9.97. The van der Waals surface area contributed by atoms with E-state index >= 15 is 0 Å². The highest BCUT2D eigenvalue weighted by molar-refractivity contribution is 6.33. The van der Waals surface area contributed by atoms with Gasteiger partial charge in [-0.25, -0.2) is 0 Å². The highest BCUT2D eigenvalue weighted by Gasteiger charge is 2.12. The molecule has 0 aliphatic rings. The fourth-order valence-electron chi connectivity index (χ4n) is 1.81. The van der Waals surface area contributed by atoms with Crippen molar-refractivity contribution < 1.29 is 9.84 Å². The first-order valence-electron chi connectivity index (χ1n) is 5.84. The summed E-state index contributed by atoms with van der Waals surface area (Å²) in [5.41, 5.74) is 1.49. The van der Waals surface area contributed by atoms with E-state index in [4.69, 9.17) is 16.3 Å². The molecule has 0 amide bonds. The number of phenolic OH excluding ortho intramolecular Hbond substituents is 1. The molecule has 1 heterocycles. The number of aromatic nitrogens is 1. The van der Waals surface area contributed by atoms with Crippen molar-refractivity contribution in [2.24, 2.45) is 0 Å². The Morgan fingerprint density at radius 1 is 1.37 bits per heavy atom. The van der Waals surface area contributed by atoms with Crippen molar-refractivity contribution in [3.8, 4) is 11.5 Å². The van der Waals surface area contributed by atoms with Crippen LogP contribution in [-0.4, -0.2) is 17.2 Å².